The Bertz CT molecular complexity index is 300. The summed E-state index contributed by atoms with van der Waals surface area (Å²) < 4.78 is 4.95. The lowest BCUT2D eigenvalue weighted by Crippen LogP contribution is -2.44. The molecule has 0 aliphatic carbocycles. The Kier molecular flexibility index (Phi) is 7.63. The number of amides is 1. The number of nitrogens with zero attached hydrogens (tertiary/aromatic N) is 1. The first-order valence-corrected chi connectivity index (χ1v) is 6.38. The van der Waals surface area contributed by atoms with Crippen LogP contribution in [0.2, 0.25) is 0 Å². The highest BCUT2D eigenvalue weighted by atomic mass is 16.5. The Morgan fingerprint density at radius 3 is 2.32 bits per heavy atom. The van der Waals surface area contributed by atoms with Crippen molar-refractivity contribution in [1.29, 1.82) is 0 Å². The molecule has 0 aromatic rings. The van der Waals surface area contributed by atoms with Crippen LogP contribution < -0.4 is 5.32 Å². The SMILES string of the molecule is COCCN(C)CCNC(=O)C(C(=O)O)C(C)(C)C. The first kappa shape index (κ1) is 17.9. The van der Waals surface area contributed by atoms with Crippen molar-refractivity contribution in [3.05, 3.63) is 0 Å². The fraction of sp³-hybridized carbons (Fsp3) is 0.846. The highest BCUT2D eigenvalue weighted by molar-refractivity contribution is 5.97. The predicted octanol–water partition coefficient (Wildman–Crippen LogP) is 0.428. The van der Waals surface area contributed by atoms with Gasteiger partial charge in [-0.05, 0) is 12.5 Å². The van der Waals surface area contributed by atoms with Gasteiger partial charge in [-0.2, -0.15) is 0 Å². The van der Waals surface area contributed by atoms with Crippen LogP contribution in [0.15, 0.2) is 0 Å². The second-order valence-electron chi connectivity index (χ2n) is 5.72. The highest BCUT2D eigenvalue weighted by Gasteiger charge is 2.37. The lowest BCUT2D eigenvalue weighted by atomic mass is 9.80. The molecule has 0 aliphatic heterocycles. The van der Waals surface area contributed by atoms with Crippen molar-refractivity contribution >= 4 is 11.9 Å². The molecule has 0 spiro atoms. The third-order valence-electron chi connectivity index (χ3n) is 2.85. The molecule has 1 unspecified atom stereocenters. The van der Waals surface area contributed by atoms with Crippen molar-refractivity contribution in [2.24, 2.45) is 11.3 Å². The number of likely N-dealkylation sites (N-methyl/N-ethyl adjacent to an activating group) is 1. The minimum atomic E-state index is -1.09. The molecule has 0 radical (unpaired) electrons. The summed E-state index contributed by atoms with van der Waals surface area (Å²) in [6.07, 6.45) is 0. The Balaban J connectivity index is 4.18. The topological polar surface area (TPSA) is 78.9 Å². The first-order valence-electron chi connectivity index (χ1n) is 6.38. The molecule has 112 valence electrons. The number of carboxylic acid groups (broad SMARTS) is 1. The third kappa shape index (κ3) is 7.12. The van der Waals surface area contributed by atoms with E-state index in [1.807, 2.05) is 11.9 Å². The molecule has 1 amide bonds. The van der Waals surface area contributed by atoms with E-state index in [1.54, 1.807) is 27.9 Å². The summed E-state index contributed by atoms with van der Waals surface area (Å²) >= 11 is 0. The van der Waals surface area contributed by atoms with E-state index < -0.39 is 23.2 Å². The van der Waals surface area contributed by atoms with Crippen LogP contribution in [0.1, 0.15) is 20.8 Å². The van der Waals surface area contributed by atoms with E-state index in [9.17, 15) is 9.59 Å². The van der Waals surface area contributed by atoms with Crippen molar-refractivity contribution in [1.82, 2.24) is 10.2 Å². The van der Waals surface area contributed by atoms with E-state index in [2.05, 4.69) is 5.32 Å². The summed E-state index contributed by atoms with van der Waals surface area (Å²) in [6, 6.07) is 0. The summed E-state index contributed by atoms with van der Waals surface area (Å²) in [6.45, 7) is 7.73. The molecule has 0 aromatic heterocycles. The van der Waals surface area contributed by atoms with Gasteiger partial charge in [0, 0.05) is 26.7 Å². The monoisotopic (exact) mass is 274 g/mol. The van der Waals surface area contributed by atoms with Crippen LogP contribution in [-0.4, -0.2) is 62.3 Å². The zero-order chi connectivity index (χ0) is 15.1. The number of carbonyl (C=O) groups excluding carboxylic acids is 1. The fourth-order valence-corrected chi connectivity index (χ4v) is 1.71. The molecule has 0 bridgehead atoms. The molecule has 0 saturated carbocycles. The summed E-state index contributed by atoms with van der Waals surface area (Å²) in [5.74, 6) is -2.55. The largest absolute Gasteiger partial charge is 0.481 e. The van der Waals surface area contributed by atoms with Gasteiger partial charge in [-0.1, -0.05) is 20.8 Å². The maximum Gasteiger partial charge on any atom is 0.316 e. The van der Waals surface area contributed by atoms with E-state index in [4.69, 9.17) is 9.84 Å². The molecule has 0 rings (SSSR count). The fourth-order valence-electron chi connectivity index (χ4n) is 1.71. The summed E-state index contributed by atoms with van der Waals surface area (Å²) in [4.78, 5) is 25.0. The Morgan fingerprint density at radius 1 is 1.32 bits per heavy atom. The molecular formula is C13H26N2O4. The lowest BCUT2D eigenvalue weighted by Gasteiger charge is -2.26. The van der Waals surface area contributed by atoms with E-state index in [1.165, 1.54) is 0 Å². The molecule has 6 heteroatoms. The molecule has 0 aliphatic rings. The molecule has 0 heterocycles. The quantitative estimate of drug-likeness (QED) is 0.627. The molecule has 0 saturated heterocycles. The summed E-state index contributed by atoms with van der Waals surface area (Å²) in [5, 5.41) is 11.8. The number of ether oxygens (including phenoxy) is 1. The van der Waals surface area contributed by atoms with E-state index in [0.29, 0.717) is 19.7 Å². The van der Waals surface area contributed by atoms with E-state index in [-0.39, 0.29) is 0 Å². The van der Waals surface area contributed by atoms with Gasteiger partial charge in [0.15, 0.2) is 0 Å². The molecular weight excluding hydrogens is 248 g/mol. The highest BCUT2D eigenvalue weighted by Crippen LogP contribution is 2.26. The lowest BCUT2D eigenvalue weighted by molar-refractivity contribution is -0.151. The Hall–Kier alpha value is -1.14. The number of hydrogen-bond acceptors (Lipinski definition) is 4. The summed E-state index contributed by atoms with van der Waals surface area (Å²) in [7, 11) is 3.56. The average Bonchev–Trinajstić information content (AvgIpc) is 2.23. The zero-order valence-corrected chi connectivity index (χ0v) is 12.5. The molecule has 6 nitrogen and oxygen atoms in total. The molecule has 19 heavy (non-hydrogen) atoms. The normalized spacial score (nSPS) is 13.4. The molecule has 0 fully saturated rings. The smallest absolute Gasteiger partial charge is 0.316 e. The van der Waals surface area contributed by atoms with Gasteiger partial charge in [-0.15, -0.1) is 0 Å². The number of methoxy groups -OCH3 is 1. The minimum absolute atomic E-state index is 0.429. The zero-order valence-electron chi connectivity index (χ0n) is 12.5. The number of carboxylic acids is 1. The van der Waals surface area contributed by atoms with Crippen molar-refractivity contribution in [2.45, 2.75) is 20.8 Å². The Labute approximate surface area is 115 Å². The van der Waals surface area contributed by atoms with Gasteiger partial charge in [-0.25, -0.2) is 0 Å². The van der Waals surface area contributed by atoms with Gasteiger partial charge >= 0.3 is 5.97 Å². The predicted molar refractivity (Wildman–Crippen MR) is 73.0 cm³/mol. The van der Waals surface area contributed by atoms with Gasteiger partial charge in [-0.3, -0.25) is 9.59 Å². The number of nitrogens with one attached hydrogen (secondary N) is 1. The van der Waals surface area contributed by atoms with Crippen LogP contribution in [0.4, 0.5) is 0 Å². The van der Waals surface area contributed by atoms with Crippen molar-refractivity contribution in [3.8, 4) is 0 Å². The summed E-state index contributed by atoms with van der Waals surface area (Å²) in [5.41, 5.74) is -0.599. The van der Waals surface area contributed by atoms with Gasteiger partial charge < -0.3 is 20.1 Å². The average molecular weight is 274 g/mol. The van der Waals surface area contributed by atoms with Crippen LogP contribution in [0.5, 0.6) is 0 Å². The van der Waals surface area contributed by atoms with E-state index in [0.717, 1.165) is 6.54 Å². The van der Waals surface area contributed by atoms with Crippen LogP contribution >= 0.6 is 0 Å². The molecule has 1 atom stereocenters. The number of rotatable bonds is 8. The van der Waals surface area contributed by atoms with Crippen molar-refractivity contribution in [3.63, 3.8) is 0 Å². The number of carbonyl (C=O) groups is 2. The first-order chi connectivity index (χ1) is 8.70. The number of aliphatic carboxylic acids is 1. The van der Waals surface area contributed by atoms with Gasteiger partial charge in [0.25, 0.3) is 0 Å². The van der Waals surface area contributed by atoms with Gasteiger partial charge in [0.2, 0.25) is 5.91 Å². The standard InChI is InChI=1S/C13H26N2O4/c1-13(2,3)10(12(17)18)11(16)14-6-7-15(4)8-9-19-5/h10H,6-9H2,1-5H3,(H,14,16)(H,17,18). The van der Waals surface area contributed by atoms with Crippen LogP contribution in [0.25, 0.3) is 0 Å². The van der Waals surface area contributed by atoms with E-state index >= 15 is 0 Å². The maximum atomic E-state index is 11.9. The minimum Gasteiger partial charge on any atom is -0.481 e. The number of hydrogen-bond donors (Lipinski definition) is 2. The molecule has 0 aromatic carbocycles. The molecule has 2 N–H and O–H groups in total. The second kappa shape index (κ2) is 8.12. The van der Waals surface area contributed by atoms with Gasteiger partial charge in [0.1, 0.15) is 5.92 Å². The maximum absolute atomic E-state index is 11.9. The van der Waals surface area contributed by atoms with Crippen LogP contribution in [0, 0.1) is 11.3 Å². The van der Waals surface area contributed by atoms with Crippen LogP contribution in [0.3, 0.4) is 0 Å². The van der Waals surface area contributed by atoms with Crippen molar-refractivity contribution in [2.75, 3.05) is 40.4 Å². The van der Waals surface area contributed by atoms with Crippen LogP contribution in [-0.2, 0) is 14.3 Å². The third-order valence-corrected chi connectivity index (χ3v) is 2.85. The van der Waals surface area contributed by atoms with Gasteiger partial charge in [0.05, 0.1) is 6.61 Å². The second-order valence-corrected chi connectivity index (χ2v) is 5.72. The van der Waals surface area contributed by atoms with Crippen molar-refractivity contribution < 1.29 is 19.4 Å². The Morgan fingerprint density at radius 2 is 1.89 bits per heavy atom.